The third kappa shape index (κ3) is 9.80. The van der Waals surface area contributed by atoms with Crippen LogP contribution < -0.4 is 10.6 Å². The first-order chi connectivity index (χ1) is 18.5. The summed E-state index contributed by atoms with van der Waals surface area (Å²) < 4.78 is 75.3. The molecule has 40 heavy (non-hydrogen) atoms. The number of anilines is 2. The van der Waals surface area contributed by atoms with Crippen molar-refractivity contribution in [2.75, 3.05) is 10.6 Å². The first-order valence-electron chi connectivity index (χ1n) is 11.3. The fraction of sp³-hybridized carbons (Fsp3) is 0.185. The maximum atomic E-state index is 12.8. The number of halogens is 8. The lowest BCUT2D eigenvalue weighted by Gasteiger charge is -2.12. The van der Waals surface area contributed by atoms with Gasteiger partial charge in [0.15, 0.2) is 0 Å². The molecule has 0 unspecified atom stereocenters. The van der Waals surface area contributed by atoms with E-state index in [1.54, 1.807) is 19.1 Å². The standard InChI is InChI=1S/C17H15ClF3NO2.C10H7ClF3NO/c1-10-8-11(2-6-15(10)23)3-7-16(24)22-12-4-5-14(18)13(9-12)17(19,20)21;1-2-9(16)15-6-3-4-7(8(11)5-6)10(12,13)14/h2,4-6,8-9,23H,3,7H2,1H3,(H,22,24);2-5H,1H2,(H,15,16). The number of hydrogen-bond acceptors (Lipinski definition) is 3. The Labute approximate surface area is 235 Å². The van der Waals surface area contributed by atoms with Crippen molar-refractivity contribution in [3.63, 3.8) is 0 Å². The molecule has 0 aliphatic rings. The summed E-state index contributed by atoms with van der Waals surface area (Å²) in [4.78, 5) is 22.8. The van der Waals surface area contributed by atoms with Crippen LogP contribution in [0.4, 0.5) is 37.7 Å². The molecule has 13 heteroatoms. The second kappa shape index (κ2) is 13.6. The van der Waals surface area contributed by atoms with Gasteiger partial charge in [0, 0.05) is 17.8 Å². The van der Waals surface area contributed by atoms with E-state index in [4.69, 9.17) is 23.2 Å². The minimum absolute atomic E-state index is 0.0404. The highest BCUT2D eigenvalue weighted by atomic mass is 35.5. The third-order valence-electron chi connectivity index (χ3n) is 5.18. The molecular formula is C27H22Cl2F6N2O3. The highest BCUT2D eigenvalue weighted by Gasteiger charge is 2.34. The van der Waals surface area contributed by atoms with E-state index in [-0.39, 0.29) is 23.5 Å². The summed E-state index contributed by atoms with van der Waals surface area (Å²) in [6.45, 7) is 4.95. The van der Waals surface area contributed by atoms with Gasteiger partial charge in [-0.3, -0.25) is 9.59 Å². The lowest BCUT2D eigenvalue weighted by Crippen LogP contribution is -2.14. The van der Waals surface area contributed by atoms with Crippen LogP contribution in [0.15, 0.2) is 67.3 Å². The monoisotopic (exact) mass is 606 g/mol. The molecule has 0 heterocycles. The number of alkyl halides is 6. The lowest BCUT2D eigenvalue weighted by atomic mass is 10.1. The van der Waals surface area contributed by atoms with E-state index < -0.39 is 45.3 Å². The van der Waals surface area contributed by atoms with Crippen LogP contribution in [0, 0.1) is 6.92 Å². The van der Waals surface area contributed by atoms with Crippen LogP contribution in [0.5, 0.6) is 5.75 Å². The van der Waals surface area contributed by atoms with Crippen molar-refractivity contribution in [3.05, 3.63) is 99.6 Å². The number of phenolic OH excluding ortho intramolecular Hbond substituents is 1. The van der Waals surface area contributed by atoms with Gasteiger partial charge in [-0.25, -0.2) is 0 Å². The summed E-state index contributed by atoms with van der Waals surface area (Å²) >= 11 is 11.0. The van der Waals surface area contributed by atoms with Gasteiger partial charge < -0.3 is 15.7 Å². The summed E-state index contributed by atoms with van der Waals surface area (Å²) in [6.07, 6.45) is -7.56. The molecule has 0 spiro atoms. The Balaban J connectivity index is 0.000000305. The van der Waals surface area contributed by atoms with Crippen LogP contribution >= 0.6 is 23.2 Å². The zero-order valence-electron chi connectivity index (χ0n) is 20.7. The maximum Gasteiger partial charge on any atom is 0.417 e. The average molecular weight is 607 g/mol. The summed E-state index contributed by atoms with van der Waals surface area (Å²) in [6, 6.07) is 11.2. The number of carbonyl (C=O) groups excluding carboxylic acids is 2. The van der Waals surface area contributed by atoms with E-state index in [9.17, 15) is 41.0 Å². The van der Waals surface area contributed by atoms with Crippen LogP contribution in [-0.4, -0.2) is 16.9 Å². The van der Waals surface area contributed by atoms with Crippen LogP contribution in [0.2, 0.25) is 10.0 Å². The Morgan fingerprint density at radius 1 is 0.850 bits per heavy atom. The number of phenols is 1. The van der Waals surface area contributed by atoms with E-state index in [1.807, 2.05) is 0 Å². The van der Waals surface area contributed by atoms with Crippen molar-refractivity contribution in [2.24, 2.45) is 0 Å². The van der Waals surface area contributed by atoms with Gasteiger partial charge in [-0.05, 0) is 73.0 Å². The molecule has 0 bridgehead atoms. The van der Waals surface area contributed by atoms with Crippen LogP contribution in [0.1, 0.15) is 28.7 Å². The number of aryl methyl sites for hydroxylation is 2. The first-order valence-corrected chi connectivity index (χ1v) is 12.0. The van der Waals surface area contributed by atoms with Gasteiger partial charge in [0.1, 0.15) is 5.75 Å². The molecule has 3 N–H and O–H groups in total. The highest BCUT2D eigenvalue weighted by Crippen LogP contribution is 2.37. The van der Waals surface area contributed by atoms with E-state index in [0.717, 1.165) is 42.0 Å². The Morgan fingerprint density at radius 3 is 2.00 bits per heavy atom. The minimum atomic E-state index is -4.58. The molecule has 3 aromatic carbocycles. The summed E-state index contributed by atoms with van der Waals surface area (Å²) in [5, 5.41) is 13.3. The Morgan fingerprint density at radius 2 is 1.45 bits per heavy atom. The minimum Gasteiger partial charge on any atom is -0.508 e. The van der Waals surface area contributed by atoms with Crippen LogP contribution in [0.25, 0.3) is 0 Å². The van der Waals surface area contributed by atoms with Crippen molar-refractivity contribution in [1.82, 2.24) is 0 Å². The molecule has 0 aromatic heterocycles. The molecule has 214 valence electrons. The molecule has 3 aromatic rings. The highest BCUT2D eigenvalue weighted by molar-refractivity contribution is 6.32. The number of amides is 2. The van der Waals surface area contributed by atoms with Gasteiger partial charge in [0.2, 0.25) is 11.8 Å². The molecule has 2 amide bonds. The summed E-state index contributed by atoms with van der Waals surface area (Å²) in [5.74, 6) is -0.754. The van der Waals surface area contributed by atoms with Crippen molar-refractivity contribution in [1.29, 1.82) is 0 Å². The van der Waals surface area contributed by atoms with Gasteiger partial charge in [-0.1, -0.05) is 41.9 Å². The second-order valence-corrected chi connectivity index (χ2v) is 9.06. The lowest BCUT2D eigenvalue weighted by molar-refractivity contribution is -0.138. The zero-order chi connectivity index (χ0) is 30.3. The second-order valence-electron chi connectivity index (χ2n) is 8.25. The molecule has 5 nitrogen and oxygen atoms in total. The molecule has 0 aliphatic heterocycles. The smallest absolute Gasteiger partial charge is 0.417 e. The Kier molecular flexibility index (Phi) is 11.0. The van der Waals surface area contributed by atoms with Gasteiger partial charge in [-0.2, -0.15) is 26.3 Å². The number of carbonyl (C=O) groups is 2. The van der Waals surface area contributed by atoms with E-state index in [1.165, 1.54) is 12.1 Å². The molecule has 0 fully saturated rings. The molecule has 3 rings (SSSR count). The van der Waals surface area contributed by atoms with Crippen LogP contribution in [-0.2, 0) is 28.4 Å². The quantitative estimate of drug-likeness (QED) is 0.195. The predicted molar refractivity (Wildman–Crippen MR) is 142 cm³/mol. The first kappa shape index (κ1) is 32.5. The van der Waals surface area contributed by atoms with E-state index >= 15 is 0 Å². The average Bonchev–Trinajstić information content (AvgIpc) is 2.85. The predicted octanol–water partition coefficient (Wildman–Crippen LogP) is 8.43. The van der Waals surface area contributed by atoms with E-state index in [2.05, 4.69) is 17.2 Å². The SMILES string of the molecule is C=CC(=O)Nc1ccc(C(F)(F)F)c(Cl)c1.Cc1cc(CCC(=O)Nc2ccc(Cl)c(C(F)(F)F)c2)ccc1O. The third-order valence-corrected chi connectivity index (χ3v) is 5.83. The molecule has 0 saturated carbocycles. The van der Waals surface area contributed by atoms with E-state index in [0.29, 0.717) is 12.0 Å². The number of rotatable bonds is 6. The number of hydrogen-bond donors (Lipinski definition) is 3. The van der Waals surface area contributed by atoms with Gasteiger partial charge in [0.05, 0.1) is 21.2 Å². The zero-order valence-corrected chi connectivity index (χ0v) is 22.2. The normalized spacial score (nSPS) is 11.2. The molecule has 0 saturated heterocycles. The number of aromatic hydroxyl groups is 1. The van der Waals surface area contributed by atoms with Gasteiger partial charge in [-0.15, -0.1) is 0 Å². The Hall–Kier alpha value is -3.70. The number of nitrogens with one attached hydrogen (secondary N) is 2. The Bertz CT molecular complexity index is 1390. The van der Waals surface area contributed by atoms with Gasteiger partial charge >= 0.3 is 12.4 Å². The van der Waals surface area contributed by atoms with Gasteiger partial charge in [0.25, 0.3) is 0 Å². The fourth-order valence-corrected chi connectivity index (χ4v) is 3.70. The number of benzene rings is 3. The van der Waals surface area contributed by atoms with Crippen molar-refractivity contribution in [3.8, 4) is 5.75 Å². The molecule has 0 atom stereocenters. The molecule has 0 aliphatic carbocycles. The maximum absolute atomic E-state index is 12.8. The summed E-state index contributed by atoms with van der Waals surface area (Å²) in [7, 11) is 0. The fourth-order valence-electron chi connectivity index (χ4n) is 3.19. The molecular weight excluding hydrogens is 585 g/mol. The van der Waals surface area contributed by atoms with Crippen molar-refractivity contribution >= 4 is 46.4 Å². The summed E-state index contributed by atoms with van der Waals surface area (Å²) in [5.41, 5.74) is -0.156. The largest absolute Gasteiger partial charge is 0.508 e. The van der Waals surface area contributed by atoms with Crippen molar-refractivity contribution < 1.29 is 41.0 Å². The topological polar surface area (TPSA) is 78.4 Å². The molecule has 0 radical (unpaired) electrons. The van der Waals surface area contributed by atoms with Crippen molar-refractivity contribution in [2.45, 2.75) is 32.1 Å². The van der Waals surface area contributed by atoms with Crippen LogP contribution in [0.3, 0.4) is 0 Å².